The summed E-state index contributed by atoms with van der Waals surface area (Å²) in [6.45, 7) is 2.33. The van der Waals surface area contributed by atoms with Crippen molar-refractivity contribution in [1.82, 2.24) is 5.32 Å². The van der Waals surface area contributed by atoms with E-state index in [1.807, 2.05) is 31.2 Å². The number of furan rings is 1. The van der Waals surface area contributed by atoms with E-state index in [2.05, 4.69) is 26.2 Å². The number of nitrogens with one attached hydrogen (secondary N) is 1. The number of hydrogen-bond acceptors (Lipinski definition) is 3. The first-order valence-electron chi connectivity index (χ1n) is 7.26. The highest BCUT2D eigenvalue weighted by Crippen LogP contribution is 2.23. The van der Waals surface area contributed by atoms with E-state index in [0.717, 1.165) is 11.3 Å². The SMILES string of the molecule is CC1=CC2=NC(=O)C(CCNC(=O)c3ccc(Br)o3)=CC2C=C1. The van der Waals surface area contributed by atoms with Crippen molar-refractivity contribution < 1.29 is 14.0 Å². The Morgan fingerprint density at radius 1 is 1.43 bits per heavy atom. The molecule has 1 unspecified atom stereocenters. The summed E-state index contributed by atoms with van der Waals surface area (Å²) in [6.07, 6.45) is 8.33. The molecular formula is C17H15BrN2O3. The van der Waals surface area contributed by atoms with Crippen LogP contribution < -0.4 is 5.32 Å². The van der Waals surface area contributed by atoms with E-state index in [0.29, 0.717) is 23.2 Å². The van der Waals surface area contributed by atoms with Gasteiger partial charge in [0.15, 0.2) is 10.4 Å². The van der Waals surface area contributed by atoms with Gasteiger partial charge in [-0.05, 0) is 53.1 Å². The van der Waals surface area contributed by atoms with E-state index in [1.54, 1.807) is 12.1 Å². The average Bonchev–Trinajstić information content (AvgIpc) is 2.94. The molecular weight excluding hydrogens is 360 g/mol. The van der Waals surface area contributed by atoms with Crippen molar-refractivity contribution in [2.75, 3.05) is 6.54 Å². The Morgan fingerprint density at radius 2 is 2.26 bits per heavy atom. The monoisotopic (exact) mass is 374 g/mol. The van der Waals surface area contributed by atoms with Crippen molar-refractivity contribution in [2.24, 2.45) is 10.9 Å². The molecule has 1 aliphatic heterocycles. The van der Waals surface area contributed by atoms with Crippen LogP contribution in [-0.4, -0.2) is 24.1 Å². The van der Waals surface area contributed by atoms with Gasteiger partial charge in [-0.2, -0.15) is 0 Å². The number of carbonyl (C=O) groups excluding carboxylic acids is 2. The van der Waals surface area contributed by atoms with Gasteiger partial charge in [0.2, 0.25) is 0 Å². The maximum absolute atomic E-state index is 12.1. The molecule has 3 rings (SSSR count). The molecule has 1 aromatic heterocycles. The van der Waals surface area contributed by atoms with Gasteiger partial charge in [-0.3, -0.25) is 9.59 Å². The predicted molar refractivity (Wildman–Crippen MR) is 90.3 cm³/mol. The molecule has 1 atom stereocenters. The summed E-state index contributed by atoms with van der Waals surface area (Å²) in [6, 6.07) is 3.24. The fraction of sp³-hybridized carbons (Fsp3) is 0.235. The predicted octanol–water partition coefficient (Wildman–Crippen LogP) is 3.20. The molecule has 0 aromatic carbocycles. The summed E-state index contributed by atoms with van der Waals surface area (Å²) in [4.78, 5) is 28.1. The van der Waals surface area contributed by atoms with Crippen LogP contribution in [-0.2, 0) is 4.79 Å². The van der Waals surface area contributed by atoms with Crippen molar-refractivity contribution in [1.29, 1.82) is 0 Å². The summed E-state index contributed by atoms with van der Waals surface area (Å²) in [5, 5.41) is 2.73. The fourth-order valence-corrected chi connectivity index (χ4v) is 2.79. The largest absolute Gasteiger partial charge is 0.444 e. The smallest absolute Gasteiger partial charge is 0.287 e. The number of rotatable bonds is 4. The first-order chi connectivity index (χ1) is 11.0. The minimum atomic E-state index is -0.306. The number of allylic oxidation sites excluding steroid dienone is 5. The molecule has 1 aromatic rings. The summed E-state index contributed by atoms with van der Waals surface area (Å²) in [5.74, 6) is -0.259. The Labute approximate surface area is 142 Å². The molecule has 23 heavy (non-hydrogen) atoms. The Morgan fingerprint density at radius 3 is 3.00 bits per heavy atom. The molecule has 1 aliphatic carbocycles. The van der Waals surface area contributed by atoms with E-state index in [4.69, 9.17) is 4.42 Å². The van der Waals surface area contributed by atoms with Crippen molar-refractivity contribution in [3.63, 3.8) is 0 Å². The van der Waals surface area contributed by atoms with Crippen molar-refractivity contribution in [3.05, 3.63) is 58.0 Å². The summed E-state index contributed by atoms with van der Waals surface area (Å²) in [7, 11) is 0. The lowest BCUT2D eigenvalue weighted by molar-refractivity contribution is -0.114. The minimum absolute atomic E-state index is 0.0446. The Hall–Kier alpha value is -2.21. The normalized spacial score (nSPS) is 19.7. The highest BCUT2D eigenvalue weighted by atomic mass is 79.9. The van der Waals surface area contributed by atoms with Crippen LogP contribution in [0, 0.1) is 5.92 Å². The number of halogens is 1. The molecule has 0 saturated carbocycles. The highest BCUT2D eigenvalue weighted by molar-refractivity contribution is 9.10. The van der Waals surface area contributed by atoms with Crippen LogP contribution in [0.5, 0.6) is 0 Å². The molecule has 0 radical (unpaired) electrons. The van der Waals surface area contributed by atoms with Gasteiger partial charge in [0, 0.05) is 18.0 Å². The third kappa shape index (κ3) is 3.59. The van der Waals surface area contributed by atoms with E-state index in [1.165, 1.54) is 0 Å². The zero-order chi connectivity index (χ0) is 16.4. The van der Waals surface area contributed by atoms with Crippen LogP contribution in [0.1, 0.15) is 23.9 Å². The fourth-order valence-electron chi connectivity index (χ4n) is 2.48. The number of dihydropyridines is 1. The Kier molecular flexibility index (Phi) is 4.43. The van der Waals surface area contributed by atoms with Gasteiger partial charge >= 0.3 is 0 Å². The van der Waals surface area contributed by atoms with E-state index in [-0.39, 0.29) is 23.5 Å². The molecule has 0 fully saturated rings. The second-order valence-corrected chi connectivity index (χ2v) is 6.20. The number of carbonyl (C=O) groups is 2. The summed E-state index contributed by atoms with van der Waals surface area (Å²) < 4.78 is 5.68. The van der Waals surface area contributed by atoms with Crippen molar-refractivity contribution in [3.8, 4) is 0 Å². The van der Waals surface area contributed by atoms with Gasteiger partial charge < -0.3 is 9.73 Å². The zero-order valence-electron chi connectivity index (χ0n) is 12.5. The molecule has 2 amide bonds. The number of amides is 2. The molecule has 5 nitrogen and oxygen atoms in total. The summed E-state index contributed by atoms with van der Waals surface area (Å²) in [5.41, 5.74) is 2.49. The highest BCUT2D eigenvalue weighted by Gasteiger charge is 2.22. The zero-order valence-corrected chi connectivity index (χ0v) is 14.1. The molecule has 2 aliphatic rings. The maximum atomic E-state index is 12.1. The van der Waals surface area contributed by atoms with Crippen LogP contribution in [0.3, 0.4) is 0 Å². The third-order valence-corrected chi connectivity index (χ3v) is 4.07. The third-order valence-electron chi connectivity index (χ3n) is 3.65. The van der Waals surface area contributed by atoms with Crippen molar-refractivity contribution >= 4 is 33.5 Å². The van der Waals surface area contributed by atoms with Gasteiger partial charge in [-0.1, -0.05) is 18.2 Å². The standard InChI is InChI=1S/C17H15BrN2O3/c1-10-2-3-11-9-12(16(21)20-13(11)8-10)6-7-19-17(22)14-4-5-15(18)23-14/h2-5,8-9,11H,6-7H2,1H3,(H,19,22). The van der Waals surface area contributed by atoms with Crippen molar-refractivity contribution in [2.45, 2.75) is 13.3 Å². The molecule has 0 bridgehead atoms. The van der Waals surface area contributed by atoms with Gasteiger partial charge in [-0.15, -0.1) is 0 Å². The van der Waals surface area contributed by atoms with Gasteiger partial charge in [0.25, 0.3) is 11.8 Å². The number of hydrogen-bond donors (Lipinski definition) is 1. The second-order valence-electron chi connectivity index (χ2n) is 5.42. The first-order valence-corrected chi connectivity index (χ1v) is 8.06. The topological polar surface area (TPSA) is 71.7 Å². The summed E-state index contributed by atoms with van der Waals surface area (Å²) >= 11 is 3.15. The Balaban J connectivity index is 1.58. The number of nitrogens with zero attached hydrogens (tertiary/aromatic N) is 1. The number of aliphatic imine (C=N–C) groups is 1. The lowest BCUT2D eigenvalue weighted by Crippen LogP contribution is -2.26. The number of fused-ring (bicyclic) bond motifs is 1. The molecule has 0 saturated heterocycles. The second kappa shape index (κ2) is 6.50. The average molecular weight is 375 g/mol. The molecule has 1 N–H and O–H groups in total. The maximum Gasteiger partial charge on any atom is 0.287 e. The molecule has 118 valence electrons. The van der Waals surface area contributed by atoms with Gasteiger partial charge in [0.05, 0.1) is 5.71 Å². The first kappa shape index (κ1) is 15.7. The Bertz CT molecular complexity index is 784. The van der Waals surface area contributed by atoms with E-state index >= 15 is 0 Å². The van der Waals surface area contributed by atoms with Crippen LogP contribution in [0.15, 0.2) is 61.7 Å². The van der Waals surface area contributed by atoms with Crippen LogP contribution in [0.4, 0.5) is 0 Å². The molecule has 0 spiro atoms. The van der Waals surface area contributed by atoms with Gasteiger partial charge in [0.1, 0.15) is 0 Å². The lowest BCUT2D eigenvalue weighted by atomic mass is 9.90. The molecule has 6 heteroatoms. The van der Waals surface area contributed by atoms with Crippen LogP contribution in [0.2, 0.25) is 0 Å². The van der Waals surface area contributed by atoms with Gasteiger partial charge in [-0.25, -0.2) is 4.99 Å². The quantitative estimate of drug-likeness (QED) is 0.879. The minimum Gasteiger partial charge on any atom is -0.444 e. The van der Waals surface area contributed by atoms with E-state index in [9.17, 15) is 9.59 Å². The lowest BCUT2D eigenvalue weighted by Gasteiger charge is -2.19. The molecule has 2 heterocycles. The van der Waals surface area contributed by atoms with Crippen LogP contribution in [0.25, 0.3) is 0 Å². The van der Waals surface area contributed by atoms with E-state index < -0.39 is 0 Å². The van der Waals surface area contributed by atoms with Crippen LogP contribution >= 0.6 is 15.9 Å².